The monoisotopic (exact) mass is 225 g/mol. The summed E-state index contributed by atoms with van der Waals surface area (Å²) in [6.07, 6.45) is 1.67. The minimum Gasteiger partial charge on any atom is -0.342 e. The topological polar surface area (TPSA) is 37.4 Å². The van der Waals surface area contributed by atoms with E-state index in [0.717, 1.165) is 0 Å². The van der Waals surface area contributed by atoms with Crippen LogP contribution in [0.5, 0.6) is 0 Å². The number of Topliss-reactive ketones (excluding diaryl/α,β-unsaturated/α-hetero) is 1. The molecule has 0 aromatic rings. The molecule has 0 spiro atoms. The van der Waals surface area contributed by atoms with Gasteiger partial charge in [0.05, 0.1) is 0 Å². The van der Waals surface area contributed by atoms with Gasteiger partial charge in [0.1, 0.15) is 5.78 Å². The molecule has 1 fully saturated rings. The molecular formula is C13H23NO2. The highest BCUT2D eigenvalue weighted by molar-refractivity contribution is 5.83. The summed E-state index contributed by atoms with van der Waals surface area (Å²) in [5, 5.41) is 0. The molecule has 1 atom stereocenters. The second-order valence-electron chi connectivity index (χ2n) is 5.89. The highest BCUT2D eigenvalue weighted by atomic mass is 16.2. The number of carbonyl (C=O) groups is 2. The van der Waals surface area contributed by atoms with Crippen molar-refractivity contribution in [3.63, 3.8) is 0 Å². The molecule has 0 aromatic carbocycles. The van der Waals surface area contributed by atoms with Crippen molar-refractivity contribution in [3.8, 4) is 0 Å². The van der Waals surface area contributed by atoms with Crippen molar-refractivity contribution in [1.82, 2.24) is 4.90 Å². The zero-order chi connectivity index (χ0) is 12.3. The summed E-state index contributed by atoms with van der Waals surface area (Å²) in [6, 6.07) is 0. The molecule has 3 heteroatoms. The van der Waals surface area contributed by atoms with Gasteiger partial charge in [0.15, 0.2) is 0 Å². The van der Waals surface area contributed by atoms with E-state index in [0.29, 0.717) is 38.3 Å². The maximum absolute atomic E-state index is 12.0. The second kappa shape index (κ2) is 4.98. The third-order valence-corrected chi connectivity index (χ3v) is 3.63. The molecule has 1 aliphatic heterocycles. The van der Waals surface area contributed by atoms with Gasteiger partial charge in [-0.25, -0.2) is 0 Å². The number of hydrogen-bond donors (Lipinski definition) is 0. The zero-order valence-corrected chi connectivity index (χ0v) is 10.9. The van der Waals surface area contributed by atoms with Crippen LogP contribution in [0.25, 0.3) is 0 Å². The van der Waals surface area contributed by atoms with Crippen LogP contribution in [0, 0.1) is 11.3 Å². The van der Waals surface area contributed by atoms with E-state index in [2.05, 4.69) is 27.7 Å². The standard InChI is InChI=1S/C13H23NO2/c1-10(13(2,3)4)9-12(16)14-7-5-11(15)6-8-14/h10H,5-9H2,1-4H3. The fraction of sp³-hybridized carbons (Fsp3) is 0.846. The van der Waals surface area contributed by atoms with E-state index in [-0.39, 0.29) is 17.1 Å². The first-order valence-corrected chi connectivity index (χ1v) is 6.10. The van der Waals surface area contributed by atoms with E-state index in [1.807, 2.05) is 4.90 Å². The largest absolute Gasteiger partial charge is 0.342 e. The number of hydrogen-bond acceptors (Lipinski definition) is 2. The molecule has 1 amide bonds. The van der Waals surface area contributed by atoms with Crippen molar-refractivity contribution in [2.75, 3.05) is 13.1 Å². The second-order valence-corrected chi connectivity index (χ2v) is 5.89. The Balaban J connectivity index is 2.44. The van der Waals surface area contributed by atoms with Crippen LogP contribution in [0.2, 0.25) is 0 Å². The smallest absolute Gasteiger partial charge is 0.222 e. The van der Waals surface area contributed by atoms with Crippen molar-refractivity contribution >= 4 is 11.7 Å². The molecule has 0 N–H and O–H groups in total. The Hall–Kier alpha value is -0.860. The van der Waals surface area contributed by atoms with Gasteiger partial charge < -0.3 is 4.90 Å². The summed E-state index contributed by atoms with van der Waals surface area (Å²) in [7, 11) is 0. The lowest BCUT2D eigenvalue weighted by molar-refractivity contribution is -0.136. The molecule has 1 rings (SSSR count). The molecule has 1 aliphatic rings. The lowest BCUT2D eigenvalue weighted by Crippen LogP contribution is -2.40. The van der Waals surface area contributed by atoms with Crippen LogP contribution in [0.15, 0.2) is 0 Å². The lowest BCUT2D eigenvalue weighted by Gasteiger charge is -2.31. The molecule has 0 radical (unpaired) electrons. The third kappa shape index (κ3) is 3.62. The van der Waals surface area contributed by atoms with Crippen LogP contribution >= 0.6 is 0 Å². The fourth-order valence-corrected chi connectivity index (χ4v) is 1.70. The Morgan fingerprint density at radius 2 is 1.81 bits per heavy atom. The number of carbonyl (C=O) groups excluding carboxylic acids is 2. The zero-order valence-electron chi connectivity index (χ0n) is 10.9. The minimum atomic E-state index is 0.168. The van der Waals surface area contributed by atoms with E-state index in [4.69, 9.17) is 0 Å². The average Bonchev–Trinajstić information content (AvgIpc) is 2.17. The SMILES string of the molecule is CC(CC(=O)N1CCC(=O)CC1)C(C)(C)C. The van der Waals surface area contributed by atoms with Crippen molar-refractivity contribution in [2.45, 2.75) is 47.0 Å². The predicted molar refractivity (Wildman–Crippen MR) is 64.1 cm³/mol. The average molecular weight is 225 g/mol. The van der Waals surface area contributed by atoms with Gasteiger partial charge in [0.25, 0.3) is 0 Å². The minimum absolute atomic E-state index is 0.168. The third-order valence-electron chi connectivity index (χ3n) is 3.63. The number of piperidine rings is 1. The molecule has 92 valence electrons. The molecule has 3 nitrogen and oxygen atoms in total. The van der Waals surface area contributed by atoms with Crippen molar-refractivity contribution in [1.29, 1.82) is 0 Å². The van der Waals surface area contributed by atoms with Gasteiger partial charge in [-0.3, -0.25) is 9.59 Å². The summed E-state index contributed by atoms with van der Waals surface area (Å²) in [5.41, 5.74) is 0.168. The fourth-order valence-electron chi connectivity index (χ4n) is 1.70. The molecule has 16 heavy (non-hydrogen) atoms. The molecule has 1 heterocycles. The van der Waals surface area contributed by atoms with E-state index in [1.54, 1.807) is 0 Å². The number of nitrogens with zero attached hydrogens (tertiary/aromatic N) is 1. The van der Waals surface area contributed by atoms with E-state index in [1.165, 1.54) is 0 Å². The van der Waals surface area contributed by atoms with Gasteiger partial charge in [-0.05, 0) is 11.3 Å². The van der Waals surface area contributed by atoms with Crippen LogP contribution in [0.1, 0.15) is 47.0 Å². The summed E-state index contributed by atoms with van der Waals surface area (Å²) < 4.78 is 0. The quantitative estimate of drug-likeness (QED) is 0.723. The summed E-state index contributed by atoms with van der Waals surface area (Å²) >= 11 is 0. The molecule has 1 saturated heterocycles. The van der Waals surface area contributed by atoms with Crippen LogP contribution in [-0.4, -0.2) is 29.7 Å². The molecule has 0 saturated carbocycles. The lowest BCUT2D eigenvalue weighted by atomic mass is 9.80. The first kappa shape index (κ1) is 13.2. The van der Waals surface area contributed by atoms with Crippen molar-refractivity contribution in [2.24, 2.45) is 11.3 Å². The van der Waals surface area contributed by atoms with E-state index >= 15 is 0 Å². The molecule has 0 aliphatic carbocycles. The maximum Gasteiger partial charge on any atom is 0.222 e. The Labute approximate surface area is 98.2 Å². The molecular weight excluding hydrogens is 202 g/mol. The van der Waals surface area contributed by atoms with Crippen molar-refractivity contribution < 1.29 is 9.59 Å². The first-order valence-electron chi connectivity index (χ1n) is 6.10. The van der Waals surface area contributed by atoms with Gasteiger partial charge in [0, 0.05) is 32.4 Å². The number of amides is 1. The highest BCUT2D eigenvalue weighted by Gasteiger charge is 2.26. The van der Waals surface area contributed by atoms with E-state index in [9.17, 15) is 9.59 Å². The normalized spacial score (nSPS) is 19.8. The van der Waals surface area contributed by atoms with Gasteiger partial charge in [-0.15, -0.1) is 0 Å². The maximum atomic E-state index is 12.0. The van der Waals surface area contributed by atoms with Crippen LogP contribution in [-0.2, 0) is 9.59 Å². The van der Waals surface area contributed by atoms with Gasteiger partial charge >= 0.3 is 0 Å². The Bertz CT molecular complexity index is 268. The van der Waals surface area contributed by atoms with E-state index < -0.39 is 0 Å². The Morgan fingerprint density at radius 1 is 1.31 bits per heavy atom. The van der Waals surface area contributed by atoms with Gasteiger partial charge in [-0.1, -0.05) is 27.7 Å². The highest BCUT2D eigenvalue weighted by Crippen LogP contribution is 2.28. The van der Waals surface area contributed by atoms with Gasteiger partial charge in [-0.2, -0.15) is 0 Å². The predicted octanol–water partition coefficient (Wildman–Crippen LogP) is 2.25. The van der Waals surface area contributed by atoms with Crippen LogP contribution in [0.4, 0.5) is 0 Å². The Kier molecular flexibility index (Phi) is 4.11. The van der Waals surface area contributed by atoms with Crippen LogP contribution < -0.4 is 0 Å². The summed E-state index contributed by atoms with van der Waals surface area (Å²) in [4.78, 5) is 24.9. The summed E-state index contributed by atoms with van der Waals surface area (Å²) in [5.74, 6) is 0.862. The Morgan fingerprint density at radius 3 is 2.25 bits per heavy atom. The number of ketones is 1. The van der Waals surface area contributed by atoms with Crippen LogP contribution in [0.3, 0.4) is 0 Å². The molecule has 0 bridgehead atoms. The van der Waals surface area contributed by atoms with Crippen molar-refractivity contribution in [3.05, 3.63) is 0 Å². The number of likely N-dealkylation sites (tertiary alicyclic amines) is 1. The molecule has 1 unspecified atom stereocenters. The molecule has 0 aromatic heterocycles. The van der Waals surface area contributed by atoms with Gasteiger partial charge in [0.2, 0.25) is 5.91 Å². The number of rotatable bonds is 2. The summed E-state index contributed by atoms with van der Waals surface area (Å²) in [6.45, 7) is 9.83. The first-order chi connectivity index (χ1) is 7.30.